The topological polar surface area (TPSA) is 133 Å². The molecule has 0 aliphatic rings. The molecule has 0 atom stereocenters. The van der Waals surface area contributed by atoms with Gasteiger partial charge in [0.25, 0.3) is 0 Å². The lowest BCUT2D eigenvalue weighted by Gasteiger charge is -2.07. The largest absolute Gasteiger partial charge is 0.398 e. The predicted molar refractivity (Wildman–Crippen MR) is 108 cm³/mol. The van der Waals surface area contributed by atoms with Gasteiger partial charge in [0.15, 0.2) is 5.82 Å². The Morgan fingerprint density at radius 1 is 1.14 bits per heavy atom. The number of nitrogen functional groups attached to an aromatic ring is 1. The molecule has 0 unspecified atom stereocenters. The third-order valence-corrected chi connectivity index (χ3v) is 4.25. The van der Waals surface area contributed by atoms with Crippen LogP contribution in [0.5, 0.6) is 0 Å². The number of rotatable bonds is 5. The van der Waals surface area contributed by atoms with Crippen molar-refractivity contribution in [2.75, 3.05) is 11.2 Å². The Morgan fingerprint density at radius 3 is 2.69 bits per heavy atom. The van der Waals surface area contributed by atoms with Crippen molar-refractivity contribution in [3.05, 3.63) is 83.7 Å². The number of halogens is 1. The van der Waals surface area contributed by atoms with Gasteiger partial charge in [0.05, 0.1) is 22.4 Å². The van der Waals surface area contributed by atoms with E-state index in [0.29, 0.717) is 33.5 Å². The smallest absolute Gasteiger partial charge is 0.305 e. The molecule has 0 aliphatic carbocycles. The van der Waals surface area contributed by atoms with E-state index in [1.54, 1.807) is 42.7 Å². The molecule has 1 amide bonds. The number of imidazole rings is 1. The number of nitrogens with zero attached hydrogens (tertiary/aromatic N) is 2. The molecule has 0 radical (unpaired) electrons. The molecule has 2 heterocycles. The molecular formula is C20H16FN7O. The Kier molecular flexibility index (Phi) is 4.62. The third-order valence-electron chi connectivity index (χ3n) is 4.25. The van der Waals surface area contributed by atoms with E-state index in [-0.39, 0.29) is 11.5 Å². The maximum atomic E-state index is 13.2. The number of benzene rings is 2. The summed E-state index contributed by atoms with van der Waals surface area (Å²) in [6, 6.07) is 12.4. The number of fused-ring (bicyclic) bond motifs is 1. The van der Waals surface area contributed by atoms with Crippen LogP contribution in [0, 0.1) is 11.2 Å². The number of aromatic amines is 1. The summed E-state index contributed by atoms with van der Waals surface area (Å²) < 4.78 is 13.2. The van der Waals surface area contributed by atoms with Crippen LogP contribution in [0.1, 0.15) is 21.7 Å². The van der Waals surface area contributed by atoms with Gasteiger partial charge in [0.1, 0.15) is 5.82 Å². The summed E-state index contributed by atoms with van der Waals surface area (Å²) in [6.07, 6.45) is 3.20. The molecule has 8 nitrogen and oxygen atoms in total. The highest BCUT2D eigenvalue weighted by atomic mass is 19.1. The maximum Gasteiger partial charge on any atom is 0.305 e. The molecule has 0 spiro atoms. The van der Waals surface area contributed by atoms with Crippen molar-refractivity contribution < 1.29 is 9.18 Å². The zero-order valence-corrected chi connectivity index (χ0v) is 15.0. The number of anilines is 2. The minimum atomic E-state index is -0.533. The molecule has 0 bridgehead atoms. The average Bonchev–Trinajstić information content (AvgIpc) is 3.14. The SMILES string of the molecule is N=C(c1ccncc1)c1cc2[nH]c(C(=O)NNc3cccc(F)c3)nc2cc1N. The first-order valence-electron chi connectivity index (χ1n) is 8.62. The van der Waals surface area contributed by atoms with Crippen LogP contribution in [0.25, 0.3) is 11.0 Å². The molecule has 29 heavy (non-hydrogen) atoms. The molecule has 2 aromatic carbocycles. The van der Waals surface area contributed by atoms with Crippen LogP contribution in [0.15, 0.2) is 60.9 Å². The van der Waals surface area contributed by atoms with Crippen molar-refractivity contribution in [3.63, 3.8) is 0 Å². The number of H-pyrrole nitrogens is 1. The number of pyridine rings is 1. The molecule has 6 N–H and O–H groups in total. The Balaban J connectivity index is 1.57. The second kappa shape index (κ2) is 7.39. The van der Waals surface area contributed by atoms with Crippen molar-refractivity contribution in [3.8, 4) is 0 Å². The number of carbonyl (C=O) groups is 1. The van der Waals surface area contributed by atoms with Crippen LogP contribution in [0.2, 0.25) is 0 Å². The lowest BCUT2D eigenvalue weighted by atomic mass is 10.0. The van der Waals surface area contributed by atoms with Gasteiger partial charge in [-0.3, -0.25) is 26.0 Å². The van der Waals surface area contributed by atoms with Gasteiger partial charge in [-0.2, -0.15) is 0 Å². The van der Waals surface area contributed by atoms with E-state index in [1.807, 2.05) is 0 Å². The van der Waals surface area contributed by atoms with Gasteiger partial charge < -0.3 is 10.7 Å². The molecule has 0 saturated heterocycles. The van der Waals surface area contributed by atoms with E-state index in [2.05, 4.69) is 25.8 Å². The third kappa shape index (κ3) is 3.74. The lowest BCUT2D eigenvalue weighted by molar-refractivity contribution is 0.0953. The Morgan fingerprint density at radius 2 is 1.93 bits per heavy atom. The van der Waals surface area contributed by atoms with Gasteiger partial charge in [-0.15, -0.1) is 0 Å². The van der Waals surface area contributed by atoms with E-state index in [9.17, 15) is 9.18 Å². The molecule has 0 fully saturated rings. The highest BCUT2D eigenvalue weighted by Crippen LogP contribution is 2.23. The molecule has 144 valence electrons. The van der Waals surface area contributed by atoms with Crippen molar-refractivity contribution in [1.29, 1.82) is 5.41 Å². The normalized spacial score (nSPS) is 10.7. The summed E-state index contributed by atoms with van der Waals surface area (Å²) in [7, 11) is 0. The summed E-state index contributed by atoms with van der Waals surface area (Å²) in [5.41, 5.74) is 14.4. The lowest BCUT2D eigenvalue weighted by Crippen LogP contribution is -2.30. The van der Waals surface area contributed by atoms with E-state index in [4.69, 9.17) is 11.1 Å². The van der Waals surface area contributed by atoms with Crippen LogP contribution in [0.3, 0.4) is 0 Å². The van der Waals surface area contributed by atoms with E-state index in [1.165, 1.54) is 18.2 Å². The van der Waals surface area contributed by atoms with Gasteiger partial charge in [0, 0.05) is 29.2 Å². The standard InChI is InChI=1S/C20H16FN7O/c21-12-2-1-3-13(8-12)27-28-20(29)19-25-16-9-14(15(22)10-17(16)26-19)18(23)11-4-6-24-7-5-11/h1-10,23,27H,22H2,(H,25,26)(H,28,29). The van der Waals surface area contributed by atoms with Crippen LogP contribution in [-0.4, -0.2) is 26.6 Å². The summed E-state index contributed by atoms with van der Waals surface area (Å²) >= 11 is 0. The fraction of sp³-hybridized carbons (Fsp3) is 0. The van der Waals surface area contributed by atoms with Gasteiger partial charge in [-0.25, -0.2) is 9.37 Å². The second-order valence-corrected chi connectivity index (χ2v) is 6.24. The molecule has 4 aromatic rings. The van der Waals surface area contributed by atoms with Gasteiger partial charge in [-0.1, -0.05) is 6.07 Å². The van der Waals surface area contributed by atoms with E-state index >= 15 is 0 Å². The number of nitrogens with one attached hydrogen (secondary N) is 4. The Bertz CT molecular complexity index is 1220. The highest BCUT2D eigenvalue weighted by Gasteiger charge is 2.15. The zero-order chi connectivity index (χ0) is 20.4. The zero-order valence-electron chi connectivity index (χ0n) is 15.0. The molecule has 9 heteroatoms. The van der Waals surface area contributed by atoms with Crippen molar-refractivity contribution in [2.45, 2.75) is 0 Å². The maximum absolute atomic E-state index is 13.2. The monoisotopic (exact) mass is 389 g/mol. The van der Waals surface area contributed by atoms with Crippen LogP contribution >= 0.6 is 0 Å². The number of aromatic nitrogens is 3. The number of carbonyl (C=O) groups excluding carboxylic acids is 1. The van der Waals surface area contributed by atoms with Crippen molar-refractivity contribution >= 4 is 34.0 Å². The minimum absolute atomic E-state index is 0.0518. The number of hydrogen-bond acceptors (Lipinski definition) is 6. The Hall–Kier alpha value is -4.27. The molecular weight excluding hydrogens is 373 g/mol. The van der Waals surface area contributed by atoms with E-state index < -0.39 is 11.7 Å². The molecule has 0 aliphatic heterocycles. The number of hydrazine groups is 1. The summed E-state index contributed by atoms with van der Waals surface area (Å²) in [5, 5.41) is 8.39. The summed E-state index contributed by atoms with van der Waals surface area (Å²) in [6.45, 7) is 0. The summed E-state index contributed by atoms with van der Waals surface area (Å²) in [4.78, 5) is 23.5. The second-order valence-electron chi connectivity index (χ2n) is 6.24. The van der Waals surface area contributed by atoms with Crippen molar-refractivity contribution in [2.24, 2.45) is 0 Å². The number of amides is 1. The molecule has 0 saturated carbocycles. The number of hydrogen-bond donors (Lipinski definition) is 5. The van der Waals surface area contributed by atoms with Crippen LogP contribution < -0.4 is 16.6 Å². The summed E-state index contributed by atoms with van der Waals surface area (Å²) in [5.74, 6) is -0.904. The van der Waals surface area contributed by atoms with Crippen LogP contribution in [0.4, 0.5) is 15.8 Å². The first kappa shape index (κ1) is 18.1. The van der Waals surface area contributed by atoms with Crippen LogP contribution in [-0.2, 0) is 0 Å². The fourth-order valence-corrected chi connectivity index (χ4v) is 2.83. The van der Waals surface area contributed by atoms with Crippen molar-refractivity contribution in [1.82, 2.24) is 20.4 Å². The molecule has 4 rings (SSSR count). The fourth-order valence-electron chi connectivity index (χ4n) is 2.83. The van der Waals surface area contributed by atoms with Gasteiger partial charge in [-0.05, 0) is 42.5 Å². The Labute approximate surface area is 164 Å². The average molecular weight is 389 g/mol. The minimum Gasteiger partial charge on any atom is -0.398 e. The molecule has 2 aromatic heterocycles. The van der Waals surface area contributed by atoms with Gasteiger partial charge >= 0.3 is 5.91 Å². The first-order valence-corrected chi connectivity index (χ1v) is 8.62. The quantitative estimate of drug-likeness (QED) is 0.203. The highest BCUT2D eigenvalue weighted by molar-refractivity contribution is 6.15. The van der Waals surface area contributed by atoms with E-state index in [0.717, 1.165) is 0 Å². The first-order chi connectivity index (χ1) is 14.0. The van der Waals surface area contributed by atoms with Gasteiger partial charge in [0.2, 0.25) is 0 Å². The number of nitrogens with two attached hydrogens (primary N) is 1. The predicted octanol–water partition coefficient (Wildman–Crippen LogP) is 2.85.